The predicted octanol–water partition coefficient (Wildman–Crippen LogP) is 2.52. The van der Waals surface area contributed by atoms with Gasteiger partial charge in [0.05, 0.1) is 5.69 Å². The van der Waals surface area contributed by atoms with E-state index < -0.39 is 11.8 Å². The van der Waals surface area contributed by atoms with Gasteiger partial charge in [0.25, 0.3) is 11.4 Å². The number of aryl methyl sites for hydroxylation is 1. The lowest BCUT2D eigenvalue weighted by Crippen LogP contribution is -2.18. The summed E-state index contributed by atoms with van der Waals surface area (Å²) in [4.78, 5) is 19.6. The molecule has 7 nitrogen and oxygen atoms in total. The van der Waals surface area contributed by atoms with E-state index in [1.165, 1.54) is 10.8 Å². The second kappa shape index (κ2) is 6.42. The number of hydrogen-bond donors (Lipinski definition) is 0. The summed E-state index contributed by atoms with van der Waals surface area (Å²) in [5, 5.41) is 3.52. The molecule has 0 atom stereocenters. The van der Waals surface area contributed by atoms with Gasteiger partial charge in [-0.05, 0) is 24.3 Å². The molecular formula is C16H14F2N4O3. The van der Waals surface area contributed by atoms with E-state index in [1.54, 1.807) is 37.5 Å². The summed E-state index contributed by atoms with van der Waals surface area (Å²) in [6.07, 6.45) is 3.05. The number of hydrogen-bond acceptors (Lipinski definition) is 6. The van der Waals surface area contributed by atoms with Crippen LogP contribution >= 0.6 is 0 Å². The first-order chi connectivity index (χ1) is 11.8. The van der Waals surface area contributed by atoms with Crippen LogP contribution in [0.4, 0.5) is 8.78 Å². The molecule has 0 aliphatic rings. The minimum Gasteiger partial charge on any atom is -0.482 e. The van der Waals surface area contributed by atoms with Crippen LogP contribution in [0.5, 0.6) is 5.75 Å². The summed E-state index contributed by atoms with van der Waals surface area (Å²) in [5.41, 5.74) is 0.733. The van der Waals surface area contributed by atoms with Gasteiger partial charge in [-0.2, -0.15) is 13.8 Å². The molecule has 0 aromatic carbocycles. The summed E-state index contributed by atoms with van der Waals surface area (Å²) >= 11 is 0. The molecule has 0 saturated heterocycles. The molecule has 0 unspecified atom stereocenters. The van der Waals surface area contributed by atoms with E-state index in [4.69, 9.17) is 4.74 Å². The Morgan fingerprint density at radius 1 is 1.32 bits per heavy atom. The average Bonchev–Trinajstić information content (AvgIpc) is 3.07. The molecule has 3 heterocycles. The fraction of sp³-hybridized carbons (Fsp3) is 0.250. The number of nitrogens with zero attached hydrogens (tertiary/aromatic N) is 4. The fourth-order valence-electron chi connectivity index (χ4n) is 2.00. The van der Waals surface area contributed by atoms with Crippen molar-refractivity contribution in [1.29, 1.82) is 0 Å². The van der Waals surface area contributed by atoms with Gasteiger partial charge in [-0.15, -0.1) is 0 Å². The van der Waals surface area contributed by atoms with Gasteiger partial charge in [0, 0.05) is 31.9 Å². The van der Waals surface area contributed by atoms with Crippen LogP contribution in [0.2, 0.25) is 0 Å². The van der Waals surface area contributed by atoms with E-state index in [9.17, 15) is 13.6 Å². The predicted molar refractivity (Wildman–Crippen MR) is 83.1 cm³/mol. The van der Waals surface area contributed by atoms with Crippen molar-refractivity contribution in [3.8, 4) is 17.1 Å². The van der Waals surface area contributed by atoms with Crippen molar-refractivity contribution in [3.63, 3.8) is 0 Å². The standard InChI is InChI=1S/C16H14F2N4O3/c1-16(17,18)15-20-13(21-25-15)10-5-6-11(19-8-10)9-24-12-4-3-7-22(2)14(12)23/h3-8H,9H2,1-2H3. The van der Waals surface area contributed by atoms with Crippen LogP contribution < -0.4 is 10.3 Å². The molecule has 0 amide bonds. The SMILES string of the molecule is Cn1cccc(OCc2ccc(-c3noc(C(C)(F)F)n3)cn2)c1=O. The Hall–Kier alpha value is -3.10. The van der Waals surface area contributed by atoms with Crippen LogP contribution in [0.3, 0.4) is 0 Å². The highest BCUT2D eigenvalue weighted by molar-refractivity contribution is 5.52. The van der Waals surface area contributed by atoms with Crippen molar-refractivity contribution >= 4 is 0 Å². The van der Waals surface area contributed by atoms with E-state index >= 15 is 0 Å². The summed E-state index contributed by atoms with van der Waals surface area (Å²) in [6.45, 7) is 0.765. The second-order valence-electron chi connectivity index (χ2n) is 5.43. The van der Waals surface area contributed by atoms with E-state index in [0.29, 0.717) is 18.2 Å². The number of alkyl halides is 2. The number of rotatable bonds is 5. The zero-order valence-corrected chi connectivity index (χ0v) is 13.4. The fourth-order valence-corrected chi connectivity index (χ4v) is 2.00. The van der Waals surface area contributed by atoms with Crippen LogP contribution in [-0.2, 0) is 19.6 Å². The third-order valence-electron chi connectivity index (χ3n) is 3.35. The van der Waals surface area contributed by atoms with Crippen LogP contribution in [0, 0.1) is 0 Å². The summed E-state index contributed by atoms with van der Waals surface area (Å²) < 4.78 is 37.6. The third-order valence-corrected chi connectivity index (χ3v) is 3.35. The van der Waals surface area contributed by atoms with Gasteiger partial charge in [-0.25, -0.2) is 0 Å². The van der Waals surface area contributed by atoms with Crippen molar-refractivity contribution in [2.24, 2.45) is 7.05 Å². The molecule has 0 N–H and O–H groups in total. The number of halogens is 2. The van der Waals surface area contributed by atoms with Crippen molar-refractivity contribution in [3.05, 3.63) is 58.6 Å². The van der Waals surface area contributed by atoms with Gasteiger partial charge in [0.1, 0.15) is 6.61 Å². The zero-order chi connectivity index (χ0) is 18.0. The van der Waals surface area contributed by atoms with E-state index in [1.807, 2.05) is 0 Å². The van der Waals surface area contributed by atoms with Crippen molar-refractivity contribution < 1.29 is 18.0 Å². The Labute approximate surface area is 140 Å². The normalized spacial score (nSPS) is 11.5. The molecule has 3 aromatic rings. The molecule has 130 valence electrons. The molecule has 0 radical (unpaired) electrons. The van der Waals surface area contributed by atoms with Crippen LogP contribution in [0.1, 0.15) is 18.5 Å². The Bertz CT molecular complexity index is 930. The first-order valence-corrected chi connectivity index (χ1v) is 7.30. The molecule has 25 heavy (non-hydrogen) atoms. The number of pyridine rings is 2. The lowest BCUT2D eigenvalue weighted by Gasteiger charge is -2.06. The minimum absolute atomic E-state index is 0.0217. The van der Waals surface area contributed by atoms with Gasteiger partial charge < -0.3 is 13.8 Å². The van der Waals surface area contributed by atoms with E-state index in [0.717, 1.165) is 0 Å². The van der Waals surface area contributed by atoms with E-state index in [2.05, 4.69) is 19.6 Å². The molecule has 3 rings (SSSR count). The molecule has 0 fully saturated rings. The molecule has 0 saturated carbocycles. The van der Waals surface area contributed by atoms with Crippen LogP contribution in [0.25, 0.3) is 11.4 Å². The van der Waals surface area contributed by atoms with Crippen molar-refractivity contribution in [2.45, 2.75) is 19.5 Å². The smallest absolute Gasteiger partial charge is 0.322 e. The molecule has 3 aromatic heterocycles. The summed E-state index contributed by atoms with van der Waals surface area (Å²) in [7, 11) is 1.63. The first kappa shape index (κ1) is 16.7. The lowest BCUT2D eigenvalue weighted by atomic mass is 10.2. The van der Waals surface area contributed by atoms with Gasteiger partial charge in [-0.1, -0.05) is 5.16 Å². The highest BCUT2D eigenvalue weighted by Crippen LogP contribution is 2.27. The maximum atomic E-state index is 13.1. The van der Waals surface area contributed by atoms with Gasteiger partial charge in [0.15, 0.2) is 5.75 Å². The van der Waals surface area contributed by atoms with Gasteiger partial charge >= 0.3 is 5.92 Å². The Morgan fingerprint density at radius 3 is 2.76 bits per heavy atom. The zero-order valence-electron chi connectivity index (χ0n) is 13.4. The topological polar surface area (TPSA) is 83.0 Å². The number of ether oxygens (including phenoxy) is 1. The monoisotopic (exact) mass is 348 g/mol. The Balaban J connectivity index is 1.71. The van der Waals surface area contributed by atoms with Gasteiger partial charge in [0.2, 0.25) is 5.82 Å². The molecule has 0 aliphatic carbocycles. The minimum atomic E-state index is -3.20. The molecule has 0 bridgehead atoms. The average molecular weight is 348 g/mol. The van der Waals surface area contributed by atoms with Crippen LogP contribution in [0.15, 0.2) is 46.0 Å². The molecular weight excluding hydrogens is 334 g/mol. The maximum Gasteiger partial charge on any atom is 0.322 e. The number of aromatic nitrogens is 4. The highest BCUT2D eigenvalue weighted by Gasteiger charge is 2.32. The molecule has 0 aliphatic heterocycles. The molecule has 0 spiro atoms. The lowest BCUT2D eigenvalue weighted by molar-refractivity contribution is -0.0158. The maximum absolute atomic E-state index is 13.1. The van der Waals surface area contributed by atoms with E-state index in [-0.39, 0.29) is 23.7 Å². The Morgan fingerprint density at radius 2 is 2.12 bits per heavy atom. The highest BCUT2D eigenvalue weighted by atomic mass is 19.3. The third kappa shape index (κ3) is 3.70. The molecule has 9 heteroatoms. The van der Waals surface area contributed by atoms with Crippen molar-refractivity contribution in [1.82, 2.24) is 19.7 Å². The van der Waals surface area contributed by atoms with Crippen molar-refractivity contribution in [2.75, 3.05) is 0 Å². The summed E-state index contributed by atoms with van der Waals surface area (Å²) in [5.74, 6) is -3.72. The first-order valence-electron chi connectivity index (χ1n) is 7.30. The second-order valence-corrected chi connectivity index (χ2v) is 5.43. The Kier molecular flexibility index (Phi) is 4.30. The largest absolute Gasteiger partial charge is 0.482 e. The summed E-state index contributed by atoms with van der Waals surface area (Å²) in [6, 6.07) is 6.51. The van der Waals surface area contributed by atoms with Gasteiger partial charge in [-0.3, -0.25) is 9.78 Å². The quantitative estimate of drug-likeness (QED) is 0.705. The van der Waals surface area contributed by atoms with Crippen LogP contribution in [-0.4, -0.2) is 19.7 Å².